The number of amides is 1. The Hall–Kier alpha value is -1.41. The van der Waals surface area contributed by atoms with Crippen LogP contribution >= 0.6 is 0 Å². The van der Waals surface area contributed by atoms with Crippen LogP contribution in [0.2, 0.25) is 0 Å². The summed E-state index contributed by atoms with van der Waals surface area (Å²) in [6.07, 6.45) is 5.07. The average Bonchev–Trinajstić information content (AvgIpc) is 3.15. The van der Waals surface area contributed by atoms with Crippen LogP contribution in [0.3, 0.4) is 0 Å². The molecule has 7 nitrogen and oxygen atoms in total. The van der Waals surface area contributed by atoms with Crippen molar-refractivity contribution in [1.29, 1.82) is 0 Å². The van der Waals surface area contributed by atoms with E-state index in [1.165, 1.54) is 6.42 Å². The Morgan fingerprint density at radius 1 is 1.25 bits per heavy atom. The summed E-state index contributed by atoms with van der Waals surface area (Å²) >= 11 is 0. The molecule has 3 rings (SSSR count). The molecular formula is C20H34N4O3S. The molecule has 8 heteroatoms. The van der Waals surface area contributed by atoms with Gasteiger partial charge in [0.1, 0.15) is 0 Å². The molecule has 0 aromatic carbocycles. The third-order valence-electron chi connectivity index (χ3n) is 6.28. The van der Waals surface area contributed by atoms with Crippen LogP contribution in [0.25, 0.3) is 0 Å². The van der Waals surface area contributed by atoms with E-state index in [1.807, 2.05) is 25.6 Å². The molecule has 1 aromatic heterocycles. The number of nitrogens with zero attached hydrogens (tertiary/aromatic N) is 4. The van der Waals surface area contributed by atoms with E-state index < -0.39 is 9.84 Å². The van der Waals surface area contributed by atoms with Gasteiger partial charge in [-0.15, -0.1) is 0 Å². The molecular weight excluding hydrogens is 376 g/mol. The van der Waals surface area contributed by atoms with E-state index in [9.17, 15) is 13.2 Å². The smallest absolute Gasteiger partial charge is 0.236 e. The Morgan fingerprint density at radius 2 is 2.00 bits per heavy atom. The number of carbonyl (C=O) groups is 1. The molecule has 3 heterocycles. The molecule has 1 aromatic rings. The van der Waals surface area contributed by atoms with Crippen LogP contribution in [-0.2, 0) is 21.2 Å². The number of aryl methyl sites for hydroxylation is 1. The van der Waals surface area contributed by atoms with Gasteiger partial charge in [-0.3, -0.25) is 14.4 Å². The third kappa shape index (κ3) is 4.59. The van der Waals surface area contributed by atoms with Gasteiger partial charge in [-0.1, -0.05) is 6.92 Å². The van der Waals surface area contributed by atoms with Gasteiger partial charge in [0.2, 0.25) is 5.91 Å². The lowest BCUT2D eigenvalue weighted by molar-refractivity contribution is -0.136. The minimum Gasteiger partial charge on any atom is -0.339 e. The van der Waals surface area contributed by atoms with Gasteiger partial charge in [0.25, 0.3) is 0 Å². The molecule has 0 unspecified atom stereocenters. The van der Waals surface area contributed by atoms with Crippen molar-refractivity contribution in [2.24, 2.45) is 0 Å². The third-order valence-corrected chi connectivity index (χ3v) is 8.03. The topological polar surface area (TPSA) is 75.5 Å². The summed E-state index contributed by atoms with van der Waals surface area (Å²) in [4.78, 5) is 16.9. The van der Waals surface area contributed by atoms with Crippen molar-refractivity contribution in [3.63, 3.8) is 0 Å². The lowest BCUT2D eigenvalue weighted by Crippen LogP contribution is -2.47. The van der Waals surface area contributed by atoms with Gasteiger partial charge in [-0.25, -0.2) is 8.42 Å². The van der Waals surface area contributed by atoms with Crippen molar-refractivity contribution >= 4 is 15.7 Å². The summed E-state index contributed by atoms with van der Waals surface area (Å²) in [5.74, 6) is 0.628. The van der Waals surface area contributed by atoms with Crippen molar-refractivity contribution < 1.29 is 13.2 Å². The van der Waals surface area contributed by atoms with Crippen LogP contribution in [0, 0.1) is 13.8 Å². The summed E-state index contributed by atoms with van der Waals surface area (Å²) in [7, 11) is -0.973. The first-order chi connectivity index (χ1) is 13.2. The summed E-state index contributed by atoms with van der Waals surface area (Å²) in [5.41, 5.74) is 3.04. The lowest BCUT2D eigenvalue weighted by Gasteiger charge is -2.36. The Kier molecular flexibility index (Phi) is 6.49. The van der Waals surface area contributed by atoms with Gasteiger partial charge in [0.05, 0.1) is 29.8 Å². The summed E-state index contributed by atoms with van der Waals surface area (Å²) < 4.78 is 25.5. The Bertz CT molecular complexity index is 818. The van der Waals surface area contributed by atoms with Crippen molar-refractivity contribution in [1.82, 2.24) is 19.6 Å². The van der Waals surface area contributed by atoms with Gasteiger partial charge in [-0.2, -0.15) is 5.10 Å². The highest BCUT2D eigenvalue weighted by atomic mass is 32.2. The zero-order valence-corrected chi connectivity index (χ0v) is 18.5. The fourth-order valence-electron chi connectivity index (χ4n) is 4.65. The maximum Gasteiger partial charge on any atom is 0.236 e. The van der Waals surface area contributed by atoms with Crippen molar-refractivity contribution in [2.45, 2.75) is 71.5 Å². The highest BCUT2D eigenvalue weighted by Gasteiger charge is 2.32. The van der Waals surface area contributed by atoms with Gasteiger partial charge >= 0.3 is 0 Å². The van der Waals surface area contributed by atoms with Gasteiger partial charge in [0.15, 0.2) is 9.84 Å². The van der Waals surface area contributed by atoms with Crippen LogP contribution in [-0.4, -0.2) is 71.6 Å². The molecule has 0 aliphatic carbocycles. The molecule has 0 N–H and O–H groups in total. The standard InChI is InChI=1S/C20H34N4O3S/c1-5-17-8-6-7-10-23(17)20(25)13-22(4)12-19-15(2)21-24(16(19)3)18-9-11-28(26,27)14-18/h17-18H,5-14H2,1-4H3/t17-,18-/m1/s1. The normalized spacial score (nSPS) is 24.8. The molecule has 158 valence electrons. The molecule has 2 fully saturated rings. The SMILES string of the molecule is CC[C@@H]1CCCCN1C(=O)CN(C)Cc1c(C)nn([C@@H]2CCS(=O)(=O)C2)c1C. The maximum absolute atomic E-state index is 12.8. The minimum atomic E-state index is -2.94. The Balaban J connectivity index is 1.65. The van der Waals surface area contributed by atoms with Gasteiger partial charge < -0.3 is 4.90 Å². The van der Waals surface area contributed by atoms with E-state index in [-0.39, 0.29) is 23.5 Å². The number of hydrogen-bond acceptors (Lipinski definition) is 5. The van der Waals surface area contributed by atoms with E-state index in [1.54, 1.807) is 0 Å². The summed E-state index contributed by atoms with van der Waals surface area (Å²) in [6.45, 7) is 8.05. The van der Waals surface area contributed by atoms with E-state index >= 15 is 0 Å². The van der Waals surface area contributed by atoms with Crippen molar-refractivity contribution in [2.75, 3.05) is 31.6 Å². The van der Waals surface area contributed by atoms with Crippen LogP contribution in [0.15, 0.2) is 0 Å². The average molecular weight is 411 g/mol. The largest absolute Gasteiger partial charge is 0.339 e. The summed E-state index contributed by atoms with van der Waals surface area (Å²) in [6, 6.07) is 0.313. The van der Waals surface area contributed by atoms with Crippen LogP contribution in [0.5, 0.6) is 0 Å². The molecule has 0 bridgehead atoms. The minimum absolute atomic E-state index is 0.0666. The van der Waals surface area contributed by atoms with Gasteiger partial charge in [-0.05, 0) is 53.0 Å². The highest BCUT2D eigenvalue weighted by Crippen LogP contribution is 2.27. The number of sulfone groups is 1. The highest BCUT2D eigenvalue weighted by molar-refractivity contribution is 7.91. The van der Waals surface area contributed by atoms with Crippen molar-refractivity contribution in [3.8, 4) is 0 Å². The zero-order valence-electron chi connectivity index (χ0n) is 17.6. The second kappa shape index (κ2) is 8.53. The number of likely N-dealkylation sites (tertiary alicyclic amines) is 1. The first-order valence-corrected chi connectivity index (χ1v) is 12.3. The first-order valence-electron chi connectivity index (χ1n) is 10.4. The van der Waals surface area contributed by atoms with Crippen molar-refractivity contribution in [3.05, 3.63) is 17.0 Å². The van der Waals surface area contributed by atoms with Crippen LogP contribution in [0.1, 0.15) is 62.0 Å². The molecule has 2 atom stereocenters. The monoisotopic (exact) mass is 410 g/mol. The fraction of sp³-hybridized carbons (Fsp3) is 0.800. The molecule has 28 heavy (non-hydrogen) atoms. The van der Waals surface area contributed by atoms with E-state index in [4.69, 9.17) is 0 Å². The quantitative estimate of drug-likeness (QED) is 0.718. The second-order valence-electron chi connectivity index (χ2n) is 8.47. The Labute approximate surface area is 169 Å². The Morgan fingerprint density at radius 3 is 2.64 bits per heavy atom. The van der Waals surface area contributed by atoms with E-state index in [0.29, 0.717) is 25.6 Å². The maximum atomic E-state index is 12.8. The van der Waals surface area contributed by atoms with Crippen LogP contribution < -0.4 is 0 Å². The number of aromatic nitrogens is 2. The number of hydrogen-bond donors (Lipinski definition) is 0. The molecule has 0 radical (unpaired) electrons. The van der Waals surface area contributed by atoms with Crippen LogP contribution in [0.4, 0.5) is 0 Å². The molecule has 1 amide bonds. The zero-order chi connectivity index (χ0) is 20.5. The molecule has 0 spiro atoms. The lowest BCUT2D eigenvalue weighted by atomic mass is 10.00. The first kappa shape index (κ1) is 21.3. The molecule has 2 aliphatic heterocycles. The molecule has 2 saturated heterocycles. The molecule has 2 aliphatic rings. The number of piperidine rings is 1. The van der Waals surface area contributed by atoms with Gasteiger partial charge in [0, 0.05) is 30.4 Å². The number of carbonyl (C=O) groups excluding carboxylic acids is 1. The predicted octanol–water partition coefficient (Wildman–Crippen LogP) is 2.08. The second-order valence-corrected chi connectivity index (χ2v) is 10.7. The fourth-order valence-corrected chi connectivity index (χ4v) is 6.34. The summed E-state index contributed by atoms with van der Waals surface area (Å²) in [5, 5.41) is 4.64. The van der Waals surface area contributed by atoms with E-state index in [0.717, 1.165) is 42.8 Å². The molecule has 0 saturated carbocycles. The number of rotatable bonds is 6. The van der Waals surface area contributed by atoms with E-state index in [2.05, 4.69) is 21.8 Å². The number of likely N-dealkylation sites (N-methyl/N-ethyl adjacent to an activating group) is 1. The predicted molar refractivity (Wildman–Crippen MR) is 110 cm³/mol.